The second-order valence-corrected chi connectivity index (χ2v) is 4.15. The van der Waals surface area contributed by atoms with E-state index in [1.54, 1.807) is 11.4 Å². The highest BCUT2D eigenvalue weighted by Gasteiger charge is 2.12. The zero-order valence-corrected chi connectivity index (χ0v) is 10.1. The molecule has 0 fully saturated rings. The van der Waals surface area contributed by atoms with Gasteiger partial charge in [-0.1, -0.05) is 13.3 Å². The number of carboxylic acids is 1. The maximum absolute atomic E-state index is 10.8. The number of hydrogen-bond donors (Lipinski definition) is 1. The summed E-state index contributed by atoms with van der Waals surface area (Å²) in [5.41, 5.74) is 0. The largest absolute Gasteiger partial charge is 0.489 e. The van der Waals surface area contributed by atoms with Crippen LogP contribution >= 0.6 is 11.3 Å². The summed E-state index contributed by atoms with van der Waals surface area (Å²) in [5.74, 6) is -0.520. The van der Waals surface area contributed by atoms with Crippen LogP contribution in [0.15, 0.2) is 11.4 Å². The number of rotatable bonds is 8. The molecule has 16 heavy (non-hydrogen) atoms. The fourth-order valence-corrected chi connectivity index (χ4v) is 1.80. The first-order valence-corrected chi connectivity index (χ1v) is 6.15. The molecule has 0 amide bonds. The summed E-state index contributed by atoms with van der Waals surface area (Å²) >= 11 is 1.16. The number of ether oxygens (including phenoxy) is 2. The van der Waals surface area contributed by atoms with Gasteiger partial charge in [-0.05, 0) is 17.9 Å². The van der Waals surface area contributed by atoms with Gasteiger partial charge in [0.2, 0.25) is 0 Å². The summed E-state index contributed by atoms with van der Waals surface area (Å²) < 4.78 is 10.6. The van der Waals surface area contributed by atoms with Crippen molar-refractivity contribution in [2.75, 3.05) is 19.8 Å². The highest BCUT2D eigenvalue weighted by molar-refractivity contribution is 7.12. The van der Waals surface area contributed by atoms with E-state index in [9.17, 15) is 4.79 Å². The van der Waals surface area contributed by atoms with Crippen molar-refractivity contribution in [3.63, 3.8) is 0 Å². The van der Waals surface area contributed by atoms with Gasteiger partial charge in [0.25, 0.3) is 0 Å². The van der Waals surface area contributed by atoms with E-state index in [0.29, 0.717) is 19.0 Å². The minimum Gasteiger partial charge on any atom is -0.489 e. The van der Waals surface area contributed by atoms with Crippen LogP contribution < -0.4 is 4.74 Å². The molecule has 1 aromatic rings. The molecule has 5 heteroatoms. The van der Waals surface area contributed by atoms with E-state index in [0.717, 1.165) is 30.8 Å². The normalized spacial score (nSPS) is 10.3. The van der Waals surface area contributed by atoms with Crippen molar-refractivity contribution in [2.45, 2.75) is 19.8 Å². The molecule has 0 aliphatic carbocycles. The Morgan fingerprint density at radius 3 is 2.94 bits per heavy atom. The summed E-state index contributed by atoms with van der Waals surface area (Å²) in [7, 11) is 0. The Morgan fingerprint density at radius 1 is 1.44 bits per heavy atom. The summed E-state index contributed by atoms with van der Waals surface area (Å²) in [4.78, 5) is 11.0. The Labute approximate surface area is 98.8 Å². The zero-order chi connectivity index (χ0) is 11.8. The molecule has 0 unspecified atom stereocenters. The van der Waals surface area contributed by atoms with Gasteiger partial charge in [-0.15, -0.1) is 11.3 Å². The van der Waals surface area contributed by atoms with Crippen LogP contribution in [-0.2, 0) is 4.74 Å². The van der Waals surface area contributed by atoms with Crippen LogP contribution in [-0.4, -0.2) is 30.9 Å². The number of unbranched alkanes of at least 4 members (excludes halogenated alkanes) is 1. The summed E-state index contributed by atoms with van der Waals surface area (Å²) in [6.45, 7) is 3.72. The first kappa shape index (κ1) is 13.0. The minimum absolute atomic E-state index is 0.244. The SMILES string of the molecule is CCCCOCCOc1ccsc1C(=O)O. The monoisotopic (exact) mass is 244 g/mol. The third-order valence-electron chi connectivity index (χ3n) is 1.95. The number of carboxylic acid groups (broad SMARTS) is 1. The highest BCUT2D eigenvalue weighted by atomic mass is 32.1. The second-order valence-electron chi connectivity index (χ2n) is 3.23. The van der Waals surface area contributed by atoms with Crippen molar-refractivity contribution in [2.24, 2.45) is 0 Å². The van der Waals surface area contributed by atoms with Crippen LogP contribution in [0.4, 0.5) is 0 Å². The van der Waals surface area contributed by atoms with Crippen LogP contribution in [0.1, 0.15) is 29.4 Å². The van der Waals surface area contributed by atoms with E-state index < -0.39 is 5.97 Å². The Kier molecular flexibility index (Phi) is 5.88. The average Bonchev–Trinajstić information content (AvgIpc) is 2.71. The molecule has 90 valence electrons. The summed E-state index contributed by atoms with van der Waals surface area (Å²) in [6.07, 6.45) is 2.15. The predicted molar refractivity (Wildman–Crippen MR) is 62.5 cm³/mol. The van der Waals surface area contributed by atoms with Gasteiger partial charge < -0.3 is 14.6 Å². The summed E-state index contributed by atoms with van der Waals surface area (Å²) in [5, 5.41) is 10.5. The predicted octanol–water partition coefficient (Wildman–Crippen LogP) is 2.64. The van der Waals surface area contributed by atoms with Gasteiger partial charge in [0.1, 0.15) is 12.4 Å². The van der Waals surface area contributed by atoms with E-state index >= 15 is 0 Å². The van der Waals surface area contributed by atoms with Crippen LogP contribution in [0, 0.1) is 0 Å². The van der Waals surface area contributed by atoms with E-state index in [1.165, 1.54) is 0 Å². The minimum atomic E-state index is -0.947. The molecule has 0 aromatic carbocycles. The second kappa shape index (κ2) is 7.24. The Bertz CT molecular complexity index is 322. The molecule has 0 bridgehead atoms. The number of thiophene rings is 1. The fourth-order valence-electron chi connectivity index (χ4n) is 1.13. The number of carbonyl (C=O) groups is 1. The van der Waals surface area contributed by atoms with Gasteiger partial charge in [0.05, 0.1) is 6.61 Å². The molecule has 0 radical (unpaired) electrons. The number of aromatic carboxylic acids is 1. The van der Waals surface area contributed by atoms with E-state index in [2.05, 4.69) is 6.92 Å². The van der Waals surface area contributed by atoms with Gasteiger partial charge in [0.15, 0.2) is 4.88 Å². The lowest BCUT2D eigenvalue weighted by Crippen LogP contribution is -2.08. The Balaban J connectivity index is 2.21. The first-order chi connectivity index (χ1) is 7.75. The molecular weight excluding hydrogens is 228 g/mol. The lowest BCUT2D eigenvalue weighted by molar-refractivity contribution is 0.0691. The topological polar surface area (TPSA) is 55.8 Å². The van der Waals surface area contributed by atoms with Gasteiger partial charge >= 0.3 is 5.97 Å². The van der Waals surface area contributed by atoms with E-state index in [4.69, 9.17) is 14.6 Å². The van der Waals surface area contributed by atoms with Crippen molar-refractivity contribution < 1.29 is 19.4 Å². The van der Waals surface area contributed by atoms with Crippen molar-refractivity contribution in [3.8, 4) is 5.75 Å². The molecule has 4 nitrogen and oxygen atoms in total. The van der Waals surface area contributed by atoms with Crippen LogP contribution in [0.25, 0.3) is 0 Å². The van der Waals surface area contributed by atoms with Gasteiger partial charge in [0, 0.05) is 6.61 Å². The van der Waals surface area contributed by atoms with Gasteiger partial charge in [-0.25, -0.2) is 4.79 Å². The highest BCUT2D eigenvalue weighted by Crippen LogP contribution is 2.24. The standard InChI is InChI=1S/C11H16O4S/c1-2-3-5-14-6-7-15-9-4-8-16-10(9)11(12)13/h4,8H,2-3,5-7H2,1H3,(H,12,13). The quantitative estimate of drug-likeness (QED) is 0.714. The Hall–Kier alpha value is -1.07. The molecule has 0 saturated heterocycles. The molecule has 1 N–H and O–H groups in total. The number of hydrogen-bond acceptors (Lipinski definition) is 4. The molecule has 0 aliphatic rings. The smallest absolute Gasteiger partial charge is 0.349 e. The van der Waals surface area contributed by atoms with Crippen molar-refractivity contribution in [1.82, 2.24) is 0 Å². The van der Waals surface area contributed by atoms with E-state index in [1.807, 2.05) is 0 Å². The van der Waals surface area contributed by atoms with Crippen molar-refractivity contribution in [3.05, 3.63) is 16.3 Å². The molecule has 0 saturated carbocycles. The molecule has 1 heterocycles. The van der Waals surface area contributed by atoms with Crippen molar-refractivity contribution in [1.29, 1.82) is 0 Å². The average molecular weight is 244 g/mol. The first-order valence-electron chi connectivity index (χ1n) is 5.27. The maximum atomic E-state index is 10.8. The van der Waals surface area contributed by atoms with Gasteiger partial charge in [-0.2, -0.15) is 0 Å². The van der Waals surface area contributed by atoms with E-state index in [-0.39, 0.29) is 4.88 Å². The zero-order valence-electron chi connectivity index (χ0n) is 9.27. The Morgan fingerprint density at radius 2 is 2.25 bits per heavy atom. The molecule has 1 aromatic heterocycles. The van der Waals surface area contributed by atoms with Crippen LogP contribution in [0.5, 0.6) is 5.75 Å². The summed E-state index contributed by atoms with van der Waals surface area (Å²) in [6, 6.07) is 1.67. The molecule has 0 spiro atoms. The molecule has 0 atom stereocenters. The lowest BCUT2D eigenvalue weighted by Gasteiger charge is -2.06. The molecule has 1 rings (SSSR count). The third-order valence-corrected chi connectivity index (χ3v) is 2.83. The molecule has 0 aliphatic heterocycles. The lowest BCUT2D eigenvalue weighted by atomic mass is 10.4. The van der Waals surface area contributed by atoms with Gasteiger partial charge in [-0.3, -0.25) is 0 Å². The van der Waals surface area contributed by atoms with Crippen LogP contribution in [0.2, 0.25) is 0 Å². The van der Waals surface area contributed by atoms with Crippen molar-refractivity contribution >= 4 is 17.3 Å². The fraction of sp³-hybridized carbons (Fsp3) is 0.545. The maximum Gasteiger partial charge on any atom is 0.349 e. The van der Waals surface area contributed by atoms with Crippen LogP contribution in [0.3, 0.4) is 0 Å². The molecular formula is C11H16O4S. The third kappa shape index (κ3) is 4.20.